The summed E-state index contributed by atoms with van der Waals surface area (Å²) in [5, 5.41) is 8.84. The molecule has 2 heterocycles. The molecule has 5 nitrogen and oxygen atoms in total. The molecule has 2 aromatic heterocycles. The van der Waals surface area contributed by atoms with Crippen LogP contribution in [0.2, 0.25) is 0 Å². The van der Waals surface area contributed by atoms with Crippen LogP contribution in [0.25, 0.3) is 11.4 Å². The quantitative estimate of drug-likeness (QED) is 0.178. The van der Waals surface area contributed by atoms with E-state index in [2.05, 4.69) is 99.1 Å². The van der Waals surface area contributed by atoms with Crippen molar-refractivity contribution in [3.8, 4) is 11.4 Å². The third-order valence-corrected chi connectivity index (χ3v) is 6.42. The topological polar surface area (TPSA) is 38.9 Å². The van der Waals surface area contributed by atoms with Gasteiger partial charge in [0, 0.05) is 30.5 Å². The van der Waals surface area contributed by atoms with Crippen LogP contribution in [0.4, 0.5) is 17.1 Å². The summed E-state index contributed by atoms with van der Waals surface area (Å²) in [7, 11) is 0. The number of nitrogens with zero attached hydrogens (tertiary/aromatic N) is 5. The normalized spacial score (nSPS) is 11.7. The van der Waals surface area contributed by atoms with Crippen LogP contribution >= 0.6 is 0 Å². The summed E-state index contributed by atoms with van der Waals surface area (Å²) in [6.07, 6.45) is 7.43. The Bertz CT molecular complexity index is 1380. The summed E-state index contributed by atoms with van der Waals surface area (Å²) in [6.45, 7) is 13.6. The van der Waals surface area contributed by atoms with Gasteiger partial charge in [0.25, 0.3) is 0 Å². The van der Waals surface area contributed by atoms with E-state index in [-0.39, 0.29) is 31.9 Å². The van der Waals surface area contributed by atoms with E-state index in [0.29, 0.717) is 0 Å². The van der Waals surface area contributed by atoms with Crippen molar-refractivity contribution in [2.45, 2.75) is 52.4 Å². The summed E-state index contributed by atoms with van der Waals surface area (Å²) in [5.74, 6) is 0. The Kier molecular flexibility index (Phi) is 7.80. The number of aromatic nitrogens is 4. The van der Waals surface area contributed by atoms with E-state index in [1.54, 1.807) is 12.4 Å². The predicted octanol–water partition coefficient (Wildman–Crippen LogP) is 7.72. The number of hydrogen-bond acceptors (Lipinski definition) is 3. The molecule has 6 heteroatoms. The monoisotopic (exact) mass is 682 g/mol. The van der Waals surface area contributed by atoms with E-state index in [4.69, 9.17) is 0 Å². The first-order chi connectivity index (χ1) is 17.6. The third kappa shape index (κ3) is 5.84. The van der Waals surface area contributed by atoms with Crippen molar-refractivity contribution in [3.63, 3.8) is 0 Å². The molecule has 0 saturated heterocycles. The zero-order valence-corrected chi connectivity index (χ0v) is 25.0. The van der Waals surface area contributed by atoms with Gasteiger partial charge in [-0.25, -0.2) is 0 Å². The van der Waals surface area contributed by atoms with Gasteiger partial charge < -0.3 is 4.90 Å². The second-order valence-electron chi connectivity index (χ2n) is 11.3. The van der Waals surface area contributed by atoms with Gasteiger partial charge in [0.05, 0.1) is 0 Å². The molecule has 0 atom stereocenters. The minimum atomic E-state index is -0.0110. The summed E-state index contributed by atoms with van der Waals surface area (Å²) < 4.78 is 3.66. The third-order valence-electron chi connectivity index (χ3n) is 6.42. The molecule has 0 aliphatic carbocycles. The molecule has 5 aromatic rings. The molecule has 0 aliphatic heterocycles. The molecule has 0 radical (unpaired) electrons. The fourth-order valence-electron chi connectivity index (χ4n) is 4.25. The Morgan fingerprint density at radius 1 is 0.632 bits per heavy atom. The summed E-state index contributed by atoms with van der Waals surface area (Å²) in [5.41, 5.74) is 7.18. The molecular weight excluding hydrogens is 649 g/mol. The van der Waals surface area contributed by atoms with Crippen LogP contribution in [-0.4, -0.2) is 19.6 Å². The molecule has 0 bridgehead atoms. The Morgan fingerprint density at radius 2 is 1.08 bits per heavy atom. The standard InChI is InChI=1S/C32H33N5.Pt/c1-31(2,3)24-19-25(32(4,5)6)21-30(20-24)37(28-13-7-11-26(22-28)35-17-9-15-33-35)29-14-8-12-27(23-29)36-18-10-16-34-36;/h7-21H,1-6H3;/q-2;+2. The number of anilines is 3. The average molecular weight is 683 g/mol. The number of hydrogen-bond donors (Lipinski definition) is 0. The van der Waals surface area contributed by atoms with Crippen molar-refractivity contribution >= 4 is 17.1 Å². The van der Waals surface area contributed by atoms with Crippen molar-refractivity contribution in [2.24, 2.45) is 0 Å². The minimum absolute atomic E-state index is 0. The number of rotatable bonds is 5. The molecule has 0 saturated carbocycles. The first-order valence-electron chi connectivity index (χ1n) is 12.6. The van der Waals surface area contributed by atoms with E-state index < -0.39 is 0 Å². The van der Waals surface area contributed by atoms with Crippen LogP contribution in [0.1, 0.15) is 52.7 Å². The van der Waals surface area contributed by atoms with Gasteiger partial charge >= 0.3 is 21.1 Å². The van der Waals surface area contributed by atoms with Crippen molar-refractivity contribution in [1.82, 2.24) is 19.6 Å². The van der Waals surface area contributed by atoms with Gasteiger partial charge in [0.2, 0.25) is 0 Å². The molecule has 0 unspecified atom stereocenters. The van der Waals surface area contributed by atoms with Crippen LogP contribution in [0, 0.1) is 12.1 Å². The van der Waals surface area contributed by atoms with E-state index in [1.165, 1.54) is 11.1 Å². The molecule has 0 amide bonds. The Balaban J connectivity index is 0.00000336. The van der Waals surface area contributed by atoms with E-state index in [1.807, 2.05) is 58.2 Å². The van der Waals surface area contributed by atoms with Gasteiger partial charge in [0.1, 0.15) is 0 Å². The number of benzene rings is 3. The van der Waals surface area contributed by atoms with Crippen LogP contribution in [-0.2, 0) is 31.9 Å². The maximum atomic E-state index is 4.42. The molecule has 38 heavy (non-hydrogen) atoms. The molecule has 0 fully saturated rings. The largest absolute Gasteiger partial charge is 2.00 e. The maximum absolute atomic E-state index is 4.42. The fraction of sp³-hybridized carbons (Fsp3) is 0.250. The van der Waals surface area contributed by atoms with Crippen LogP contribution in [0.5, 0.6) is 0 Å². The van der Waals surface area contributed by atoms with Gasteiger partial charge in [-0.15, -0.1) is 36.4 Å². The van der Waals surface area contributed by atoms with Crippen molar-refractivity contribution in [2.75, 3.05) is 4.90 Å². The summed E-state index contributed by atoms with van der Waals surface area (Å²) in [6, 6.07) is 30.3. The Morgan fingerprint density at radius 3 is 1.45 bits per heavy atom. The smallest absolute Gasteiger partial charge is 0.358 e. The van der Waals surface area contributed by atoms with Gasteiger partial charge in [-0.2, -0.15) is 22.3 Å². The summed E-state index contributed by atoms with van der Waals surface area (Å²) >= 11 is 0. The first-order valence-corrected chi connectivity index (χ1v) is 12.6. The van der Waals surface area contributed by atoms with E-state index in [0.717, 1.165) is 28.4 Å². The molecule has 0 spiro atoms. The second kappa shape index (κ2) is 10.7. The molecule has 196 valence electrons. The zero-order chi connectivity index (χ0) is 26.2. The van der Waals surface area contributed by atoms with Gasteiger partial charge in [-0.1, -0.05) is 59.0 Å². The van der Waals surface area contributed by atoms with Crippen LogP contribution < -0.4 is 4.90 Å². The Labute approximate surface area is 240 Å². The minimum Gasteiger partial charge on any atom is -0.358 e. The summed E-state index contributed by atoms with van der Waals surface area (Å²) in [4.78, 5) is 2.23. The molecule has 0 N–H and O–H groups in total. The SMILES string of the molecule is CC(C)(C)c1cc(N(c2[c-]c(-n3cccn3)ccc2)c2[c-]c(-n3cccn3)ccc2)cc(C(C)(C)C)c1.[Pt+2]. The van der Waals surface area contributed by atoms with Crippen molar-refractivity contribution < 1.29 is 21.1 Å². The second-order valence-corrected chi connectivity index (χ2v) is 11.3. The zero-order valence-electron chi connectivity index (χ0n) is 22.7. The molecule has 3 aromatic carbocycles. The van der Waals surface area contributed by atoms with Crippen molar-refractivity contribution in [1.29, 1.82) is 0 Å². The van der Waals surface area contributed by atoms with Crippen LogP contribution in [0.3, 0.4) is 0 Å². The molecule has 5 rings (SSSR count). The van der Waals surface area contributed by atoms with E-state index >= 15 is 0 Å². The van der Waals surface area contributed by atoms with Gasteiger partial charge in [-0.3, -0.25) is 9.36 Å². The van der Waals surface area contributed by atoms with E-state index in [9.17, 15) is 0 Å². The fourth-order valence-corrected chi connectivity index (χ4v) is 4.25. The van der Waals surface area contributed by atoms with Crippen molar-refractivity contribution in [3.05, 3.63) is 115 Å². The molecular formula is C32H33N5Pt. The van der Waals surface area contributed by atoms with Crippen LogP contribution in [0.15, 0.2) is 91.5 Å². The first kappa shape index (κ1) is 27.6. The average Bonchev–Trinajstić information content (AvgIpc) is 3.58. The van der Waals surface area contributed by atoms with Gasteiger partial charge in [0.15, 0.2) is 0 Å². The predicted molar refractivity (Wildman–Crippen MR) is 150 cm³/mol. The molecule has 0 aliphatic rings. The Hall–Kier alpha value is -3.43. The van der Waals surface area contributed by atoms with Gasteiger partial charge in [-0.05, 0) is 57.6 Å². The maximum Gasteiger partial charge on any atom is 2.00 e.